The van der Waals surface area contributed by atoms with E-state index in [2.05, 4.69) is 12.2 Å². The summed E-state index contributed by atoms with van der Waals surface area (Å²) < 4.78 is 25.3. The highest BCUT2D eigenvalue weighted by Gasteiger charge is 2.41. The minimum atomic E-state index is -2.90. The van der Waals surface area contributed by atoms with Crippen molar-refractivity contribution in [2.75, 3.05) is 6.54 Å². The van der Waals surface area contributed by atoms with Crippen molar-refractivity contribution < 1.29 is 8.42 Å². The van der Waals surface area contributed by atoms with E-state index in [0.717, 1.165) is 51.5 Å². The second kappa shape index (κ2) is 5.70. The molecule has 100 valence electrons. The topological polar surface area (TPSA) is 46.2 Å². The summed E-state index contributed by atoms with van der Waals surface area (Å²) in [6, 6.07) is 0.215. The molecule has 2 rings (SSSR count). The van der Waals surface area contributed by atoms with Gasteiger partial charge in [0, 0.05) is 6.04 Å². The van der Waals surface area contributed by atoms with Crippen molar-refractivity contribution in [1.82, 2.24) is 5.32 Å². The van der Waals surface area contributed by atoms with Gasteiger partial charge in [0.2, 0.25) is 0 Å². The van der Waals surface area contributed by atoms with Gasteiger partial charge in [-0.2, -0.15) is 0 Å². The Bertz CT molecular complexity index is 333. The van der Waals surface area contributed by atoms with E-state index >= 15 is 0 Å². The lowest BCUT2D eigenvalue weighted by Crippen LogP contribution is -2.44. The SMILES string of the molecule is CCNC1CCCC1S(=O)(=O)C1CCCCC1. The third kappa shape index (κ3) is 2.84. The lowest BCUT2D eigenvalue weighted by atomic mass is 10.0. The molecular weight excluding hydrogens is 234 g/mol. The summed E-state index contributed by atoms with van der Waals surface area (Å²) in [6.45, 7) is 2.93. The highest BCUT2D eigenvalue weighted by Crippen LogP contribution is 2.33. The van der Waals surface area contributed by atoms with Gasteiger partial charge in [0.25, 0.3) is 0 Å². The van der Waals surface area contributed by atoms with Gasteiger partial charge in [-0.1, -0.05) is 32.6 Å². The summed E-state index contributed by atoms with van der Waals surface area (Å²) in [5, 5.41) is 3.21. The van der Waals surface area contributed by atoms with Gasteiger partial charge in [-0.3, -0.25) is 0 Å². The average Bonchev–Trinajstić information content (AvgIpc) is 2.80. The molecule has 0 saturated heterocycles. The summed E-state index contributed by atoms with van der Waals surface area (Å²) in [4.78, 5) is 0. The Morgan fingerprint density at radius 2 is 1.71 bits per heavy atom. The van der Waals surface area contributed by atoms with E-state index in [4.69, 9.17) is 0 Å². The molecule has 0 aliphatic heterocycles. The Labute approximate surface area is 105 Å². The molecule has 2 saturated carbocycles. The van der Waals surface area contributed by atoms with E-state index in [0.29, 0.717) is 0 Å². The van der Waals surface area contributed by atoms with Crippen LogP contribution < -0.4 is 5.32 Å². The summed E-state index contributed by atoms with van der Waals surface area (Å²) in [5.41, 5.74) is 0. The summed E-state index contributed by atoms with van der Waals surface area (Å²) in [7, 11) is -2.90. The molecular formula is C13H25NO2S. The summed E-state index contributed by atoms with van der Waals surface area (Å²) >= 11 is 0. The fourth-order valence-electron chi connectivity index (χ4n) is 3.46. The molecule has 4 heteroatoms. The Hall–Kier alpha value is -0.0900. The molecule has 2 aliphatic carbocycles. The fraction of sp³-hybridized carbons (Fsp3) is 1.00. The molecule has 2 aliphatic rings. The van der Waals surface area contributed by atoms with Gasteiger partial charge in [0.1, 0.15) is 0 Å². The quantitative estimate of drug-likeness (QED) is 0.842. The first kappa shape index (κ1) is 13.3. The van der Waals surface area contributed by atoms with Crippen molar-refractivity contribution in [3.8, 4) is 0 Å². The maximum Gasteiger partial charge on any atom is 0.157 e. The monoisotopic (exact) mass is 259 g/mol. The molecule has 1 N–H and O–H groups in total. The van der Waals surface area contributed by atoms with Crippen molar-refractivity contribution in [1.29, 1.82) is 0 Å². The molecule has 2 fully saturated rings. The molecule has 2 atom stereocenters. The molecule has 0 aromatic rings. The number of hydrogen-bond donors (Lipinski definition) is 1. The first-order chi connectivity index (χ1) is 8.16. The van der Waals surface area contributed by atoms with Crippen LogP contribution in [0.3, 0.4) is 0 Å². The van der Waals surface area contributed by atoms with Crippen molar-refractivity contribution >= 4 is 9.84 Å². The molecule has 0 amide bonds. The smallest absolute Gasteiger partial charge is 0.157 e. The van der Waals surface area contributed by atoms with E-state index in [9.17, 15) is 8.42 Å². The van der Waals surface area contributed by atoms with Gasteiger partial charge < -0.3 is 5.32 Å². The average molecular weight is 259 g/mol. The Balaban J connectivity index is 2.07. The third-order valence-electron chi connectivity index (χ3n) is 4.36. The Kier molecular flexibility index (Phi) is 4.47. The number of rotatable bonds is 4. The van der Waals surface area contributed by atoms with Crippen LogP contribution in [0.2, 0.25) is 0 Å². The Morgan fingerprint density at radius 1 is 1.00 bits per heavy atom. The largest absolute Gasteiger partial charge is 0.313 e. The van der Waals surface area contributed by atoms with Gasteiger partial charge in [-0.05, 0) is 32.2 Å². The summed E-state index contributed by atoms with van der Waals surface area (Å²) in [6.07, 6.45) is 8.18. The van der Waals surface area contributed by atoms with Crippen LogP contribution in [0.4, 0.5) is 0 Å². The zero-order chi connectivity index (χ0) is 12.3. The number of sulfone groups is 1. The van der Waals surface area contributed by atoms with Crippen molar-refractivity contribution in [3.63, 3.8) is 0 Å². The van der Waals surface area contributed by atoms with Crippen molar-refractivity contribution in [3.05, 3.63) is 0 Å². The van der Waals surface area contributed by atoms with Gasteiger partial charge >= 0.3 is 0 Å². The molecule has 2 unspecified atom stereocenters. The van der Waals surface area contributed by atoms with E-state index < -0.39 is 9.84 Å². The van der Waals surface area contributed by atoms with Crippen LogP contribution in [0, 0.1) is 0 Å². The molecule has 0 spiro atoms. The van der Waals surface area contributed by atoms with Gasteiger partial charge in [-0.25, -0.2) is 8.42 Å². The van der Waals surface area contributed by atoms with E-state index in [1.165, 1.54) is 6.42 Å². The number of nitrogens with one attached hydrogen (secondary N) is 1. The maximum absolute atomic E-state index is 12.6. The van der Waals surface area contributed by atoms with Crippen molar-refractivity contribution in [2.24, 2.45) is 0 Å². The molecule has 0 aromatic heterocycles. The molecule has 0 aromatic carbocycles. The van der Waals surface area contributed by atoms with Crippen LogP contribution in [0.25, 0.3) is 0 Å². The first-order valence-electron chi connectivity index (χ1n) is 7.12. The second-order valence-electron chi connectivity index (χ2n) is 5.48. The minimum Gasteiger partial charge on any atom is -0.313 e. The minimum absolute atomic E-state index is 0.0412. The lowest BCUT2D eigenvalue weighted by Gasteiger charge is -2.28. The van der Waals surface area contributed by atoms with E-state index in [1.54, 1.807) is 0 Å². The highest BCUT2D eigenvalue weighted by atomic mass is 32.2. The van der Waals surface area contributed by atoms with Crippen LogP contribution >= 0.6 is 0 Å². The zero-order valence-electron chi connectivity index (χ0n) is 10.8. The second-order valence-corrected chi connectivity index (χ2v) is 7.93. The van der Waals surface area contributed by atoms with E-state index in [1.807, 2.05) is 0 Å². The highest BCUT2D eigenvalue weighted by molar-refractivity contribution is 7.92. The molecule has 0 radical (unpaired) electrons. The predicted octanol–water partition coefficient (Wildman–Crippen LogP) is 2.26. The predicted molar refractivity (Wildman–Crippen MR) is 70.9 cm³/mol. The lowest BCUT2D eigenvalue weighted by molar-refractivity contribution is 0.464. The van der Waals surface area contributed by atoms with Crippen molar-refractivity contribution in [2.45, 2.75) is 74.8 Å². The van der Waals surface area contributed by atoms with Crippen LogP contribution in [-0.4, -0.2) is 31.5 Å². The van der Waals surface area contributed by atoms with Gasteiger partial charge in [-0.15, -0.1) is 0 Å². The first-order valence-corrected chi connectivity index (χ1v) is 8.73. The van der Waals surface area contributed by atoms with Crippen LogP contribution in [0.15, 0.2) is 0 Å². The maximum atomic E-state index is 12.6. The Morgan fingerprint density at radius 3 is 2.35 bits per heavy atom. The third-order valence-corrected chi connectivity index (χ3v) is 7.17. The summed E-state index contributed by atoms with van der Waals surface area (Å²) in [5.74, 6) is 0. The molecule has 17 heavy (non-hydrogen) atoms. The van der Waals surface area contributed by atoms with Crippen LogP contribution in [-0.2, 0) is 9.84 Å². The molecule has 0 heterocycles. The van der Waals surface area contributed by atoms with E-state index in [-0.39, 0.29) is 16.5 Å². The zero-order valence-corrected chi connectivity index (χ0v) is 11.6. The molecule has 3 nitrogen and oxygen atoms in total. The fourth-order valence-corrected chi connectivity index (χ4v) is 6.13. The normalized spacial score (nSPS) is 31.8. The standard InChI is InChI=1S/C13H25NO2S/c1-2-14-12-9-6-10-13(12)17(15,16)11-7-4-3-5-8-11/h11-14H,2-10H2,1H3. The number of hydrogen-bond acceptors (Lipinski definition) is 3. The van der Waals surface area contributed by atoms with Gasteiger partial charge in [0.15, 0.2) is 9.84 Å². The van der Waals surface area contributed by atoms with Gasteiger partial charge in [0.05, 0.1) is 10.5 Å². The molecule has 0 bridgehead atoms. The van der Waals surface area contributed by atoms with Crippen LogP contribution in [0.5, 0.6) is 0 Å². The van der Waals surface area contributed by atoms with Crippen LogP contribution in [0.1, 0.15) is 58.3 Å².